The highest BCUT2D eigenvalue weighted by molar-refractivity contribution is 5.79. The second-order valence-corrected chi connectivity index (χ2v) is 5.23. The van der Waals surface area contributed by atoms with Crippen LogP contribution in [0.3, 0.4) is 0 Å². The monoisotopic (exact) mass is 336 g/mol. The number of hydrogen-bond acceptors (Lipinski definition) is 4. The van der Waals surface area contributed by atoms with Crippen molar-refractivity contribution in [1.29, 1.82) is 0 Å². The van der Waals surface area contributed by atoms with E-state index < -0.39 is 5.76 Å². The average molecular weight is 336 g/mol. The summed E-state index contributed by atoms with van der Waals surface area (Å²) in [7, 11) is 1.60. The second kappa shape index (κ2) is 7.41. The van der Waals surface area contributed by atoms with E-state index >= 15 is 0 Å². The minimum Gasteiger partial charge on any atom is -0.497 e. The molecular weight excluding hydrogens is 320 g/mol. The van der Waals surface area contributed by atoms with Crippen LogP contribution in [-0.4, -0.2) is 24.1 Å². The molecule has 6 heteroatoms. The lowest BCUT2D eigenvalue weighted by Gasteiger charge is -2.02. The molecule has 25 heavy (non-hydrogen) atoms. The molecule has 0 aliphatic carbocycles. The number of hydrogen-bond donors (Lipinski definition) is 1. The molecule has 0 saturated heterocycles. The van der Waals surface area contributed by atoms with Crippen LogP contribution in [0.2, 0.25) is 0 Å². The first-order chi connectivity index (χ1) is 12.2. The summed E-state index contributed by atoms with van der Waals surface area (Å²) < 4.78 is 11.5. The fourth-order valence-electron chi connectivity index (χ4n) is 2.33. The van der Waals surface area contributed by atoms with Crippen molar-refractivity contribution in [3.8, 4) is 17.6 Å². The van der Waals surface area contributed by atoms with Gasteiger partial charge < -0.3 is 14.5 Å². The number of benzene rings is 2. The van der Waals surface area contributed by atoms with E-state index in [4.69, 9.17) is 9.15 Å². The van der Waals surface area contributed by atoms with Gasteiger partial charge in [0.15, 0.2) is 5.58 Å². The lowest BCUT2D eigenvalue weighted by Crippen LogP contribution is -2.30. The van der Waals surface area contributed by atoms with E-state index in [1.807, 2.05) is 24.3 Å². The smallest absolute Gasteiger partial charge is 0.420 e. The number of para-hydroxylation sites is 2. The maximum absolute atomic E-state index is 12.0. The van der Waals surface area contributed by atoms with Crippen molar-refractivity contribution in [2.24, 2.45) is 0 Å². The van der Waals surface area contributed by atoms with Gasteiger partial charge in [-0.3, -0.25) is 9.36 Å². The quantitative estimate of drug-likeness (QED) is 0.737. The summed E-state index contributed by atoms with van der Waals surface area (Å²) in [5.41, 5.74) is 1.87. The molecule has 1 N–H and O–H groups in total. The van der Waals surface area contributed by atoms with Gasteiger partial charge in [-0.1, -0.05) is 24.0 Å². The highest BCUT2D eigenvalue weighted by Crippen LogP contribution is 2.11. The molecule has 0 spiro atoms. The predicted molar refractivity (Wildman–Crippen MR) is 93.4 cm³/mol. The van der Waals surface area contributed by atoms with Crippen molar-refractivity contribution in [2.45, 2.75) is 6.54 Å². The number of carbonyl (C=O) groups is 1. The number of fused-ring (bicyclic) bond motifs is 1. The first-order valence-corrected chi connectivity index (χ1v) is 7.65. The highest BCUT2D eigenvalue weighted by atomic mass is 16.5. The van der Waals surface area contributed by atoms with Crippen molar-refractivity contribution in [2.75, 3.05) is 13.7 Å². The molecule has 1 aromatic heterocycles. The van der Waals surface area contributed by atoms with Crippen LogP contribution in [0.25, 0.3) is 11.1 Å². The Kier molecular flexibility index (Phi) is 4.86. The Morgan fingerprint density at radius 1 is 1.20 bits per heavy atom. The van der Waals surface area contributed by atoms with Gasteiger partial charge in [-0.25, -0.2) is 4.79 Å². The normalized spacial score (nSPS) is 10.1. The summed E-state index contributed by atoms with van der Waals surface area (Å²) in [5, 5.41) is 2.67. The number of nitrogens with one attached hydrogen (secondary N) is 1. The average Bonchev–Trinajstić information content (AvgIpc) is 2.95. The molecule has 126 valence electrons. The van der Waals surface area contributed by atoms with E-state index in [1.165, 1.54) is 4.57 Å². The Morgan fingerprint density at radius 2 is 1.96 bits per heavy atom. The molecular formula is C19H16N2O4. The van der Waals surface area contributed by atoms with E-state index in [-0.39, 0.29) is 19.0 Å². The summed E-state index contributed by atoms with van der Waals surface area (Å²) in [5.74, 6) is 5.71. The molecule has 3 rings (SSSR count). The van der Waals surface area contributed by atoms with Crippen molar-refractivity contribution < 1.29 is 13.9 Å². The fraction of sp³-hybridized carbons (Fsp3) is 0.158. The zero-order valence-corrected chi connectivity index (χ0v) is 13.6. The van der Waals surface area contributed by atoms with Gasteiger partial charge >= 0.3 is 5.76 Å². The molecule has 0 saturated carbocycles. The molecule has 1 amide bonds. The van der Waals surface area contributed by atoms with Crippen LogP contribution >= 0.6 is 0 Å². The van der Waals surface area contributed by atoms with E-state index in [0.717, 1.165) is 11.3 Å². The molecule has 6 nitrogen and oxygen atoms in total. The third kappa shape index (κ3) is 3.90. The van der Waals surface area contributed by atoms with Gasteiger partial charge in [-0.05, 0) is 36.4 Å². The molecule has 0 unspecified atom stereocenters. The van der Waals surface area contributed by atoms with Crippen molar-refractivity contribution in [3.05, 3.63) is 64.6 Å². The molecule has 0 fully saturated rings. The Balaban J connectivity index is 1.59. The Labute approximate surface area is 144 Å². The van der Waals surface area contributed by atoms with Gasteiger partial charge in [0, 0.05) is 5.56 Å². The first-order valence-electron chi connectivity index (χ1n) is 7.65. The lowest BCUT2D eigenvalue weighted by molar-refractivity contribution is -0.121. The van der Waals surface area contributed by atoms with E-state index in [2.05, 4.69) is 17.2 Å². The van der Waals surface area contributed by atoms with Crippen LogP contribution in [0, 0.1) is 11.8 Å². The first kappa shape index (κ1) is 16.4. The fourth-order valence-corrected chi connectivity index (χ4v) is 2.33. The standard InChI is InChI=1S/C19H16N2O4/c1-24-15-10-8-14(9-11-15)5-4-12-20-18(22)13-21-16-6-2-3-7-17(16)25-19(21)23/h2-3,6-11H,12-13H2,1H3,(H,20,22). The number of ether oxygens (including phenoxy) is 1. The topological polar surface area (TPSA) is 73.5 Å². The third-order valence-electron chi connectivity index (χ3n) is 3.57. The van der Waals surface area contributed by atoms with Crippen LogP contribution in [0.5, 0.6) is 5.75 Å². The summed E-state index contributed by atoms with van der Waals surface area (Å²) in [6.07, 6.45) is 0. The van der Waals surface area contributed by atoms with Gasteiger partial charge in [0.2, 0.25) is 5.91 Å². The minimum atomic E-state index is -0.555. The summed E-state index contributed by atoms with van der Waals surface area (Å²) in [6.45, 7) is 0.0788. The summed E-state index contributed by atoms with van der Waals surface area (Å²) >= 11 is 0. The van der Waals surface area contributed by atoms with Crippen molar-refractivity contribution in [3.63, 3.8) is 0 Å². The van der Waals surface area contributed by atoms with Crippen molar-refractivity contribution >= 4 is 17.0 Å². The number of methoxy groups -OCH3 is 1. The molecule has 1 heterocycles. The van der Waals surface area contributed by atoms with Crippen LogP contribution in [-0.2, 0) is 11.3 Å². The predicted octanol–water partition coefficient (Wildman–Crippen LogP) is 1.77. The second-order valence-electron chi connectivity index (χ2n) is 5.23. The van der Waals surface area contributed by atoms with E-state index in [1.54, 1.807) is 31.4 Å². The minimum absolute atomic E-state index is 0.111. The lowest BCUT2D eigenvalue weighted by atomic mass is 10.2. The number of carbonyl (C=O) groups excluding carboxylic acids is 1. The third-order valence-corrected chi connectivity index (χ3v) is 3.57. The molecule has 3 aromatic rings. The number of rotatable bonds is 4. The molecule has 0 radical (unpaired) electrons. The molecule has 0 atom stereocenters. The largest absolute Gasteiger partial charge is 0.497 e. The molecule has 0 bridgehead atoms. The Morgan fingerprint density at radius 3 is 2.72 bits per heavy atom. The maximum Gasteiger partial charge on any atom is 0.420 e. The number of nitrogens with zero attached hydrogens (tertiary/aromatic N) is 1. The van der Waals surface area contributed by atoms with E-state index in [9.17, 15) is 9.59 Å². The van der Waals surface area contributed by atoms with Crippen LogP contribution in [0.15, 0.2) is 57.7 Å². The van der Waals surface area contributed by atoms with Crippen LogP contribution in [0.4, 0.5) is 0 Å². The van der Waals surface area contributed by atoms with Crippen molar-refractivity contribution in [1.82, 2.24) is 9.88 Å². The highest BCUT2D eigenvalue weighted by Gasteiger charge is 2.11. The van der Waals surface area contributed by atoms with E-state index in [0.29, 0.717) is 11.1 Å². The number of oxazole rings is 1. The summed E-state index contributed by atoms with van der Waals surface area (Å²) in [4.78, 5) is 23.8. The Bertz CT molecular complexity index is 1000. The SMILES string of the molecule is COc1ccc(C#CCNC(=O)Cn2c(=O)oc3ccccc32)cc1. The molecule has 2 aromatic carbocycles. The van der Waals surface area contributed by atoms with Gasteiger partial charge in [0.05, 0.1) is 19.2 Å². The maximum atomic E-state index is 12.0. The zero-order valence-electron chi connectivity index (χ0n) is 13.6. The van der Waals surface area contributed by atoms with Crippen LogP contribution < -0.4 is 15.8 Å². The van der Waals surface area contributed by atoms with Gasteiger partial charge in [0.1, 0.15) is 12.3 Å². The van der Waals surface area contributed by atoms with Gasteiger partial charge in [0.25, 0.3) is 0 Å². The Hall–Kier alpha value is -3.46. The van der Waals surface area contributed by atoms with Gasteiger partial charge in [-0.15, -0.1) is 0 Å². The molecule has 0 aliphatic rings. The zero-order chi connectivity index (χ0) is 17.6. The van der Waals surface area contributed by atoms with Gasteiger partial charge in [-0.2, -0.15) is 0 Å². The summed E-state index contributed by atoms with van der Waals surface area (Å²) in [6, 6.07) is 14.3. The van der Waals surface area contributed by atoms with Crippen LogP contribution in [0.1, 0.15) is 5.56 Å². The number of aromatic nitrogens is 1. The molecule has 0 aliphatic heterocycles. The number of amides is 1.